The molecule has 210 valence electrons. The third-order valence-electron chi connectivity index (χ3n) is 7.04. The molecule has 0 aliphatic carbocycles. The molecular weight excluding hydrogens is 532 g/mol. The lowest BCUT2D eigenvalue weighted by molar-refractivity contribution is 0.124. The van der Waals surface area contributed by atoms with Crippen molar-refractivity contribution in [1.82, 2.24) is 4.57 Å². The van der Waals surface area contributed by atoms with Gasteiger partial charge in [-0.05, 0) is 72.5 Å². The number of ether oxygens (including phenoxy) is 3. The summed E-state index contributed by atoms with van der Waals surface area (Å²) in [5.41, 5.74) is 6.47. The van der Waals surface area contributed by atoms with E-state index >= 15 is 0 Å². The van der Waals surface area contributed by atoms with Gasteiger partial charge >= 0.3 is 0 Å². The Hall–Kier alpha value is -4.20. The van der Waals surface area contributed by atoms with Gasteiger partial charge in [0.25, 0.3) is 0 Å². The number of hydrogen-bond acceptors (Lipinski definition) is 4. The van der Waals surface area contributed by atoms with Crippen LogP contribution >= 0.6 is 0 Å². The van der Waals surface area contributed by atoms with E-state index in [2.05, 4.69) is 33.2 Å². The zero-order chi connectivity index (χ0) is 28.6. The lowest BCUT2D eigenvalue weighted by Crippen LogP contribution is -2.07. The van der Waals surface area contributed by atoms with Gasteiger partial charge in [-0.2, -0.15) is 4.40 Å². The van der Waals surface area contributed by atoms with E-state index in [0.29, 0.717) is 31.1 Å². The van der Waals surface area contributed by atoms with Crippen molar-refractivity contribution in [2.24, 2.45) is 4.40 Å². The van der Waals surface area contributed by atoms with Crippen LogP contribution in [0.2, 0.25) is 0 Å². The number of aromatic nitrogens is 1. The highest BCUT2D eigenvalue weighted by atomic mass is 32.2. The first-order valence-corrected chi connectivity index (χ1v) is 14.6. The molecule has 4 aromatic carbocycles. The Morgan fingerprint density at radius 1 is 0.805 bits per heavy atom. The maximum atomic E-state index is 13.1. The van der Waals surface area contributed by atoms with Crippen LogP contribution in [0.4, 0.5) is 0 Å². The number of benzene rings is 4. The van der Waals surface area contributed by atoms with Crippen LogP contribution in [0.3, 0.4) is 0 Å². The second kappa shape index (κ2) is 13.4. The first-order chi connectivity index (χ1) is 20.1. The van der Waals surface area contributed by atoms with E-state index in [1.807, 2.05) is 79.7 Å². The van der Waals surface area contributed by atoms with Crippen molar-refractivity contribution < 1.29 is 18.4 Å². The van der Waals surface area contributed by atoms with Crippen molar-refractivity contribution in [1.29, 1.82) is 0 Å². The minimum absolute atomic E-state index is 0.509. The molecule has 5 aromatic rings. The van der Waals surface area contributed by atoms with Gasteiger partial charge in [-0.3, -0.25) is 0 Å². The standard InChI is InChI=1S/C34H34N2O4S/c1-25-8-18-30(19-9-25)41(37)35-22-34-32(20-21-40-24-27-12-16-29(39-3)17-13-27)31-6-4-5-7-33(31)36(34)23-26-10-14-28(38-2)15-11-26/h4-19,22H,20-21,23-24H2,1-3H3/b35-22+/t41-/m0/s1. The van der Waals surface area contributed by atoms with Crippen molar-refractivity contribution >= 4 is 28.1 Å². The molecule has 6 nitrogen and oxygen atoms in total. The topological polar surface area (TPSA) is 62.0 Å². The molecule has 41 heavy (non-hydrogen) atoms. The Morgan fingerprint density at radius 3 is 2.10 bits per heavy atom. The highest BCUT2D eigenvalue weighted by molar-refractivity contribution is 7.83. The van der Waals surface area contributed by atoms with Gasteiger partial charge in [-0.15, -0.1) is 0 Å². The van der Waals surface area contributed by atoms with Gasteiger partial charge in [0.1, 0.15) is 11.5 Å². The zero-order valence-electron chi connectivity index (χ0n) is 23.6. The fraction of sp³-hybridized carbons (Fsp3) is 0.206. The molecule has 0 aliphatic rings. The van der Waals surface area contributed by atoms with Crippen LogP contribution < -0.4 is 9.47 Å². The molecule has 0 radical (unpaired) electrons. The first kappa shape index (κ1) is 28.3. The number of para-hydroxylation sites is 1. The van der Waals surface area contributed by atoms with E-state index in [1.165, 1.54) is 0 Å². The van der Waals surface area contributed by atoms with E-state index in [4.69, 9.17) is 14.2 Å². The van der Waals surface area contributed by atoms with Crippen molar-refractivity contribution in [3.05, 3.63) is 125 Å². The lowest BCUT2D eigenvalue weighted by atomic mass is 10.1. The van der Waals surface area contributed by atoms with Crippen LogP contribution in [0.25, 0.3) is 10.9 Å². The smallest absolute Gasteiger partial charge is 0.172 e. The third-order valence-corrected chi connectivity index (χ3v) is 8.01. The summed E-state index contributed by atoms with van der Waals surface area (Å²) in [7, 11) is 1.81. The van der Waals surface area contributed by atoms with Crippen LogP contribution in [0.1, 0.15) is 27.9 Å². The Labute approximate surface area is 243 Å². The van der Waals surface area contributed by atoms with Crippen molar-refractivity contribution in [3.63, 3.8) is 0 Å². The van der Waals surface area contributed by atoms with E-state index in [-0.39, 0.29) is 0 Å². The first-order valence-electron chi connectivity index (χ1n) is 13.5. The van der Waals surface area contributed by atoms with Crippen LogP contribution in [0, 0.1) is 6.92 Å². The van der Waals surface area contributed by atoms with Crippen LogP contribution in [-0.4, -0.2) is 35.8 Å². The monoisotopic (exact) mass is 566 g/mol. The molecule has 1 aromatic heterocycles. The van der Waals surface area contributed by atoms with Gasteiger partial charge in [-0.1, -0.05) is 60.2 Å². The molecule has 1 heterocycles. The summed E-state index contributed by atoms with van der Waals surface area (Å²) in [6.07, 6.45) is 2.45. The Bertz CT molecular complexity index is 1640. The minimum atomic E-state index is -1.52. The highest BCUT2D eigenvalue weighted by Crippen LogP contribution is 2.28. The molecular formula is C34H34N2O4S. The SMILES string of the molecule is COc1ccc(COCCc2c(/C=N/[S@@](=O)c3ccc(C)cc3)n(Cc3ccc(OC)cc3)c3ccccc23)cc1. The summed E-state index contributed by atoms with van der Waals surface area (Å²) in [5, 5.41) is 1.14. The predicted molar refractivity (Wildman–Crippen MR) is 166 cm³/mol. The van der Waals surface area contributed by atoms with E-state index in [9.17, 15) is 4.21 Å². The van der Waals surface area contributed by atoms with Gasteiger partial charge in [-0.25, -0.2) is 4.21 Å². The van der Waals surface area contributed by atoms with Gasteiger partial charge < -0.3 is 18.8 Å². The summed E-state index contributed by atoms with van der Waals surface area (Å²) in [5.74, 6) is 1.64. The summed E-state index contributed by atoms with van der Waals surface area (Å²) < 4.78 is 36.6. The van der Waals surface area contributed by atoms with Gasteiger partial charge in [0.2, 0.25) is 0 Å². The van der Waals surface area contributed by atoms with Crippen molar-refractivity contribution in [2.75, 3.05) is 20.8 Å². The van der Waals surface area contributed by atoms with Gasteiger partial charge in [0, 0.05) is 17.4 Å². The maximum Gasteiger partial charge on any atom is 0.172 e. The van der Waals surface area contributed by atoms with Crippen molar-refractivity contribution in [2.45, 2.75) is 31.4 Å². The molecule has 0 unspecified atom stereocenters. The highest BCUT2D eigenvalue weighted by Gasteiger charge is 2.17. The van der Waals surface area contributed by atoms with Crippen LogP contribution in [0.5, 0.6) is 11.5 Å². The lowest BCUT2D eigenvalue weighted by Gasteiger charge is -2.11. The molecule has 1 atom stereocenters. The number of aryl methyl sites for hydroxylation is 1. The molecule has 0 spiro atoms. The van der Waals surface area contributed by atoms with Crippen molar-refractivity contribution in [3.8, 4) is 11.5 Å². The number of hydrogen-bond donors (Lipinski definition) is 0. The molecule has 0 bridgehead atoms. The average molecular weight is 567 g/mol. The second-order valence-electron chi connectivity index (χ2n) is 9.76. The number of fused-ring (bicyclic) bond motifs is 1. The second-order valence-corrected chi connectivity index (χ2v) is 10.9. The summed E-state index contributed by atoms with van der Waals surface area (Å²) in [4.78, 5) is 0.675. The predicted octanol–water partition coefficient (Wildman–Crippen LogP) is 6.92. The molecule has 0 fully saturated rings. The van der Waals surface area contributed by atoms with Crippen LogP contribution in [0.15, 0.2) is 106 Å². The van der Waals surface area contributed by atoms with Gasteiger partial charge in [0.15, 0.2) is 11.0 Å². The number of nitrogens with zero attached hydrogens (tertiary/aromatic N) is 2. The van der Waals surface area contributed by atoms with E-state index < -0.39 is 11.0 Å². The van der Waals surface area contributed by atoms with Crippen LogP contribution in [-0.2, 0) is 35.3 Å². The summed E-state index contributed by atoms with van der Waals surface area (Å²) >= 11 is 0. The zero-order valence-corrected chi connectivity index (χ0v) is 24.4. The third kappa shape index (κ3) is 6.93. The van der Waals surface area contributed by atoms with E-state index in [0.717, 1.165) is 50.3 Å². The number of methoxy groups -OCH3 is 2. The Morgan fingerprint density at radius 2 is 1.44 bits per heavy atom. The molecule has 5 rings (SSSR count). The minimum Gasteiger partial charge on any atom is -0.497 e. The Balaban J connectivity index is 1.45. The Kier molecular flexibility index (Phi) is 9.29. The molecule has 0 aliphatic heterocycles. The quantitative estimate of drug-likeness (QED) is 0.122. The largest absolute Gasteiger partial charge is 0.497 e. The maximum absolute atomic E-state index is 13.1. The molecule has 0 saturated heterocycles. The molecule has 0 N–H and O–H groups in total. The average Bonchev–Trinajstić information content (AvgIpc) is 3.31. The van der Waals surface area contributed by atoms with E-state index in [1.54, 1.807) is 20.4 Å². The van der Waals surface area contributed by atoms with Gasteiger partial charge in [0.05, 0.1) is 44.2 Å². The molecule has 7 heteroatoms. The molecule has 0 amide bonds. The summed E-state index contributed by atoms with van der Waals surface area (Å²) in [6, 6.07) is 31.9. The normalized spacial score (nSPS) is 12.2. The summed E-state index contributed by atoms with van der Waals surface area (Å²) in [6.45, 7) is 3.69. The fourth-order valence-corrected chi connectivity index (χ4v) is 5.47. The number of rotatable bonds is 12. The fourth-order valence-electron chi connectivity index (χ4n) is 4.79. The molecule has 0 saturated carbocycles.